The van der Waals surface area contributed by atoms with E-state index >= 15 is 0 Å². The number of fused-ring (bicyclic) bond motifs is 1. The zero-order valence-electron chi connectivity index (χ0n) is 10.0. The molecule has 0 saturated heterocycles. The first-order chi connectivity index (χ1) is 8.57. The quantitative estimate of drug-likeness (QED) is 0.846. The number of aryl methyl sites for hydroxylation is 1. The average Bonchev–Trinajstić information content (AvgIpc) is 2.36. The summed E-state index contributed by atoms with van der Waals surface area (Å²) < 4.78 is 15.9. The number of hydrogen-bond acceptors (Lipinski definition) is 3. The molecule has 0 aliphatic carbocycles. The van der Waals surface area contributed by atoms with Crippen molar-refractivity contribution in [2.45, 2.75) is 13.0 Å². The van der Waals surface area contributed by atoms with Crippen molar-refractivity contribution in [2.24, 2.45) is 12.8 Å². The van der Waals surface area contributed by atoms with Gasteiger partial charge in [0.25, 0.3) is 5.56 Å². The van der Waals surface area contributed by atoms with Crippen molar-refractivity contribution >= 4 is 10.9 Å². The molecular formula is C12H14FN3O2. The van der Waals surface area contributed by atoms with Crippen LogP contribution in [0.1, 0.15) is 6.42 Å². The summed E-state index contributed by atoms with van der Waals surface area (Å²) >= 11 is 0. The first-order valence-corrected chi connectivity index (χ1v) is 5.66. The molecule has 1 heterocycles. The first-order valence-electron chi connectivity index (χ1n) is 5.66. The highest BCUT2D eigenvalue weighted by Crippen LogP contribution is 2.11. The predicted octanol–water partition coefficient (Wildman–Crippen LogP) is 0.188. The van der Waals surface area contributed by atoms with Crippen LogP contribution in [0.15, 0.2) is 27.8 Å². The van der Waals surface area contributed by atoms with Crippen LogP contribution in [-0.4, -0.2) is 15.7 Å². The van der Waals surface area contributed by atoms with Gasteiger partial charge in [-0.3, -0.25) is 13.9 Å². The predicted molar refractivity (Wildman–Crippen MR) is 67.1 cm³/mol. The third kappa shape index (κ3) is 1.84. The summed E-state index contributed by atoms with van der Waals surface area (Å²) in [4.78, 5) is 24.1. The Labute approximate surface area is 102 Å². The van der Waals surface area contributed by atoms with Crippen LogP contribution in [-0.2, 0) is 13.6 Å². The van der Waals surface area contributed by atoms with E-state index in [1.807, 2.05) is 0 Å². The van der Waals surface area contributed by atoms with Crippen molar-refractivity contribution in [3.05, 3.63) is 44.9 Å². The minimum atomic E-state index is -0.574. The summed E-state index contributed by atoms with van der Waals surface area (Å²) in [7, 11) is 1.45. The Kier molecular flexibility index (Phi) is 3.29. The minimum Gasteiger partial charge on any atom is -0.330 e. The van der Waals surface area contributed by atoms with Gasteiger partial charge in [-0.25, -0.2) is 9.18 Å². The summed E-state index contributed by atoms with van der Waals surface area (Å²) in [6.07, 6.45) is 0.524. The Morgan fingerprint density at radius 3 is 2.72 bits per heavy atom. The van der Waals surface area contributed by atoms with Gasteiger partial charge in [0.15, 0.2) is 0 Å². The lowest BCUT2D eigenvalue weighted by molar-refractivity contribution is 0.570. The second-order valence-electron chi connectivity index (χ2n) is 4.08. The Morgan fingerprint density at radius 2 is 2.06 bits per heavy atom. The van der Waals surface area contributed by atoms with Crippen molar-refractivity contribution in [3.8, 4) is 0 Å². The molecule has 0 bridgehead atoms. The summed E-state index contributed by atoms with van der Waals surface area (Å²) in [5, 5.41) is 0.203. The monoisotopic (exact) mass is 251 g/mol. The molecule has 0 spiro atoms. The minimum absolute atomic E-state index is 0.0384. The highest BCUT2D eigenvalue weighted by atomic mass is 19.1. The fourth-order valence-corrected chi connectivity index (χ4v) is 1.98. The van der Waals surface area contributed by atoms with E-state index < -0.39 is 17.1 Å². The third-order valence-electron chi connectivity index (χ3n) is 2.90. The van der Waals surface area contributed by atoms with Gasteiger partial charge in [0.05, 0.1) is 10.9 Å². The number of hydrogen-bond donors (Lipinski definition) is 1. The van der Waals surface area contributed by atoms with Crippen molar-refractivity contribution in [3.63, 3.8) is 0 Å². The number of nitrogens with zero attached hydrogens (tertiary/aromatic N) is 2. The number of rotatable bonds is 3. The number of para-hydroxylation sites is 1. The zero-order valence-corrected chi connectivity index (χ0v) is 10.0. The van der Waals surface area contributed by atoms with Crippen molar-refractivity contribution in [1.29, 1.82) is 0 Å². The highest BCUT2D eigenvalue weighted by molar-refractivity contribution is 5.78. The van der Waals surface area contributed by atoms with Crippen LogP contribution < -0.4 is 17.0 Å². The van der Waals surface area contributed by atoms with Gasteiger partial charge in [-0.05, 0) is 25.1 Å². The largest absolute Gasteiger partial charge is 0.331 e. The van der Waals surface area contributed by atoms with Crippen molar-refractivity contribution in [1.82, 2.24) is 9.13 Å². The van der Waals surface area contributed by atoms with E-state index in [-0.39, 0.29) is 17.4 Å². The van der Waals surface area contributed by atoms with Gasteiger partial charge in [0, 0.05) is 13.6 Å². The third-order valence-corrected chi connectivity index (χ3v) is 2.90. The average molecular weight is 251 g/mol. The molecule has 0 saturated carbocycles. The molecule has 2 rings (SSSR count). The maximum atomic E-state index is 13.7. The Morgan fingerprint density at radius 1 is 1.33 bits per heavy atom. The Bertz CT molecular complexity index is 703. The van der Waals surface area contributed by atoms with Gasteiger partial charge in [0.1, 0.15) is 5.82 Å². The lowest BCUT2D eigenvalue weighted by atomic mass is 10.2. The van der Waals surface area contributed by atoms with Crippen LogP contribution in [0.3, 0.4) is 0 Å². The number of aromatic nitrogens is 2. The second-order valence-corrected chi connectivity index (χ2v) is 4.08. The molecule has 0 unspecified atom stereocenters. The Hall–Kier alpha value is -1.95. The van der Waals surface area contributed by atoms with Crippen LogP contribution in [0.2, 0.25) is 0 Å². The fourth-order valence-electron chi connectivity index (χ4n) is 1.98. The lowest BCUT2D eigenvalue weighted by Crippen LogP contribution is -2.39. The van der Waals surface area contributed by atoms with Crippen LogP contribution in [0.25, 0.3) is 10.9 Å². The van der Waals surface area contributed by atoms with Gasteiger partial charge in [0.2, 0.25) is 0 Å². The van der Waals surface area contributed by atoms with E-state index in [0.29, 0.717) is 13.0 Å². The molecule has 1 aromatic carbocycles. The first kappa shape index (κ1) is 12.5. The van der Waals surface area contributed by atoms with E-state index in [0.717, 1.165) is 9.13 Å². The molecule has 0 atom stereocenters. The standard InChI is InChI=1S/C12H14FN3O2/c1-15-10-8(4-2-5-9(10)13)11(17)16(12(15)18)7-3-6-14/h2,4-5H,3,6-7,14H2,1H3. The Balaban J connectivity index is 2.84. The molecule has 2 aromatic rings. The summed E-state index contributed by atoms with van der Waals surface area (Å²) in [6.45, 7) is 0.630. The van der Waals surface area contributed by atoms with Gasteiger partial charge in [-0.1, -0.05) is 6.07 Å². The molecule has 6 heteroatoms. The topological polar surface area (TPSA) is 70.0 Å². The van der Waals surface area contributed by atoms with Gasteiger partial charge >= 0.3 is 5.69 Å². The second kappa shape index (κ2) is 4.73. The molecule has 0 aliphatic rings. The molecule has 18 heavy (non-hydrogen) atoms. The normalized spacial score (nSPS) is 11.1. The van der Waals surface area contributed by atoms with Crippen LogP contribution >= 0.6 is 0 Å². The van der Waals surface area contributed by atoms with Crippen molar-refractivity contribution in [2.75, 3.05) is 6.54 Å². The van der Waals surface area contributed by atoms with E-state index in [1.165, 1.54) is 25.2 Å². The van der Waals surface area contributed by atoms with Crippen LogP contribution in [0.4, 0.5) is 4.39 Å². The van der Waals surface area contributed by atoms with Crippen molar-refractivity contribution < 1.29 is 4.39 Å². The van der Waals surface area contributed by atoms with Gasteiger partial charge in [-0.2, -0.15) is 0 Å². The molecule has 0 amide bonds. The van der Waals surface area contributed by atoms with Crippen LogP contribution in [0.5, 0.6) is 0 Å². The number of nitrogens with two attached hydrogens (primary N) is 1. The fraction of sp³-hybridized carbons (Fsp3) is 0.333. The summed E-state index contributed by atoms with van der Waals surface area (Å²) in [5.41, 5.74) is 4.41. The zero-order chi connectivity index (χ0) is 13.3. The van der Waals surface area contributed by atoms with E-state index in [1.54, 1.807) is 0 Å². The molecule has 5 nitrogen and oxygen atoms in total. The smallest absolute Gasteiger partial charge is 0.330 e. The molecule has 0 aliphatic heterocycles. The maximum Gasteiger partial charge on any atom is 0.331 e. The van der Waals surface area contributed by atoms with E-state index in [9.17, 15) is 14.0 Å². The number of halogens is 1. The van der Waals surface area contributed by atoms with Gasteiger partial charge in [-0.15, -0.1) is 0 Å². The van der Waals surface area contributed by atoms with Crippen LogP contribution in [0, 0.1) is 5.82 Å². The molecular weight excluding hydrogens is 237 g/mol. The molecule has 0 radical (unpaired) electrons. The maximum absolute atomic E-state index is 13.7. The summed E-state index contributed by atoms with van der Waals surface area (Å²) in [6, 6.07) is 4.20. The molecule has 2 N–H and O–H groups in total. The number of benzene rings is 1. The summed E-state index contributed by atoms with van der Waals surface area (Å²) in [5.74, 6) is -0.574. The van der Waals surface area contributed by atoms with E-state index in [4.69, 9.17) is 5.73 Å². The van der Waals surface area contributed by atoms with E-state index in [2.05, 4.69) is 0 Å². The van der Waals surface area contributed by atoms with Gasteiger partial charge < -0.3 is 5.73 Å². The highest BCUT2D eigenvalue weighted by Gasteiger charge is 2.13. The molecule has 96 valence electrons. The SMILES string of the molecule is Cn1c(=O)n(CCCN)c(=O)c2cccc(F)c21. The lowest BCUT2D eigenvalue weighted by Gasteiger charge is -2.10. The molecule has 1 aromatic heterocycles. The molecule has 0 fully saturated rings.